The van der Waals surface area contributed by atoms with Gasteiger partial charge in [-0.05, 0) is 49.2 Å². The van der Waals surface area contributed by atoms with Gasteiger partial charge in [-0.1, -0.05) is 36.4 Å². The van der Waals surface area contributed by atoms with E-state index in [2.05, 4.69) is 89.8 Å². The molecule has 1 aliphatic heterocycles. The molecular formula is C24H21N3. The lowest BCUT2D eigenvalue weighted by atomic mass is 9.98. The molecule has 2 aromatic heterocycles. The van der Waals surface area contributed by atoms with Crippen molar-refractivity contribution in [1.82, 2.24) is 15.3 Å². The van der Waals surface area contributed by atoms with Crippen molar-refractivity contribution in [2.45, 2.75) is 13.8 Å². The Bertz CT molecular complexity index is 1240. The van der Waals surface area contributed by atoms with Crippen LogP contribution in [0.2, 0.25) is 0 Å². The normalized spacial score (nSPS) is 14.1. The molecule has 132 valence electrons. The summed E-state index contributed by atoms with van der Waals surface area (Å²) in [6, 6.07) is 17.3. The molecule has 0 fully saturated rings. The molecule has 0 bridgehead atoms. The quantitative estimate of drug-likeness (QED) is 0.495. The Kier molecular flexibility index (Phi) is 3.61. The van der Waals surface area contributed by atoms with Gasteiger partial charge in [-0.25, -0.2) is 0 Å². The van der Waals surface area contributed by atoms with Gasteiger partial charge in [0.05, 0.1) is 0 Å². The standard InChI is InChI=1S/C24H21N3/c1-15-6-5-11-25-24(15)20-13-18(14-26-16(20)2)17-9-10-23-21(12-17)19-7-3-4-8-22(19)27-23/h3-10,12-14,25,27H,11H2,1-2H3. The highest BCUT2D eigenvalue weighted by Gasteiger charge is 2.13. The van der Waals surface area contributed by atoms with Gasteiger partial charge in [0.15, 0.2) is 0 Å². The van der Waals surface area contributed by atoms with Gasteiger partial charge in [0, 0.05) is 57.1 Å². The van der Waals surface area contributed by atoms with E-state index in [0.717, 1.165) is 23.3 Å². The lowest BCUT2D eigenvalue weighted by molar-refractivity contribution is 0.971. The van der Waals surface area contributed by atoms with Crippen LogP contribution in [-0.4, -0.2) is 16.5 Å². The topological polar surface area (TPSA) is 40.7 Å². The Morgan fingerprint density at radius 2 is 1.74 bits per heavy atom. The number of rotatable bonds is 2. The monoisotopic (exact) mass is 351 g/mol. The second kappa shape index (κ2) is 6.13. The van der Waals surface area contributed by atoms with Gasteiger partial charge < -0.3 is 10.3 Å². The first-order chi connectivity index (χ1) is 13.2. The number of aryl methyl sites for hydroxylation is 1. The average Bonchev–Trinajstić information content (AvgIpc) is 3.07. The number of nitrogens with one attached hydrogen (secondary N) is 2. The summed E-state index contributed by atoms with van der Waals surface area (Å²) in [5.41, 5.74) is 9.31. The van der Waals surface area contributed by atoms with E-state index < -0.39 is 0 Å². The first-order valence-corrected chi connectivity index (χ1v) is 9.30. The maximum Gasteiger partial charge on any atom is 0.0466 e. The maximum atomic E-state index is 4.69. The summed E-state index contributed by atoms with van der Waals surface area (Å²) in [7, 11) is 0. The number of aromatic amines is 1. The first-order valence-electron chi connectivity index (χ1n) is 9.30. The van der Waals surface area contributed by atoms with E-state index >= 15 is 0 Å². The van der Waals surface area contributed by atoms with Crippen LogP contribution in [-0.2, 0) is 0 Å². The number of pyridine rings is 1. The first kappa shape index (κ1) is 15.9. The Morgan fingerprint density at radius 1 is 0.889 bits per heavy atom. The van der Waals surface area contributed by atoms with Gasteiger partial charge in [-0.2, -0.15) is 0 Å². The number of nitrogens with zero attached hydrogens (tertiary/aromatic N) is 1. The molecule has 27 heavy (non-hydrogen) atoms. The molecule has 3 heteroatoms. The molecule has 1 aliphatic rings. The molecule has 0 unspecified atom stereocenters. The van der Waals surface area contributed by atoms with Gasteiger partial charge >= 0.3 is 0 Å². The summed E-state index contributed by atoms with van der Waals surface area (Å²) < 4.78 is 0. The summed E-state index contributed by atoms with van der Waals surface area (Å²) in [6.45, 7) is 5.07. The van der Waals surface area contributed by atoms with Crippen LogP contribution in [0.3, 0.4) is 0 Å². The van der Waals surface area contributed by atoms with Crippen molar-refractivity contribution in [1.29, 1.82) is 0 Å². The van der Waals surface area contributed by atoms with Crippen LogP contribution in [0.15, 0.2) is 72.5 Å². The molecular weight excluding hydrogens is 330 g/mol. The minimum atomic E-state index is 0.859. The largest absolute Gasteiger partial charge is 0.381 e. The number of aromatic nitrogens is 2. The van der Waals surface area contributed by atoms with E-state index in [-0.39, 0.29) is 0 Å². The summed E-state index contributed by atoms with van der Waals surface area (Å²) in [6.07, 6.45) is 6.30. The molecule has 0 radical (unpaired) electrons. The van der Waals surface area contributed by atoms with Crippen molar-refractivity contribution in [2.24, 2.45) is 0 Å². The smallest absolute Gasteiger partial charge is 0.0466 e. The summed E-state index contributed by atoms with van der Waals surface area (Å²) in [5.74, 6) is 0. The van der Waals surface area contributed by atoms with E-state index in [1.165, 1.54) is 38.7 Å². The Morgan fingerprint density at radius 3 is 2.63 bits per heavy atom. The third-order valence-corrected chi connectivity index (χ3v) is 5.35. The molecule has 0 saturated heterocycles. The highest BCUT2D eigenvalue weighted by atomic mass is 14.9. The molecule has 0 atom stereocenters. The lowest BCUT2D eigenvalue weighted by Gasteiger charge is -2.18. The molecule has 0 spiro atoms. The zero-order chi connectivity index (χ0) is 18.4. The summed E-state index contributed by atoms with van der Waals surface area (Å²) >= 11 is 0. The van der Waals surface area contributed by atoms with Crippen molar-refractivity contribution in [3.63, 3.8) is 0 Å². The fraction of sp³-hybridized carbons (Fsp3) is 0.125. The SMILES string of the molecule is CC1=C(c2cc(-c3ccc4[nH]c5ccccc5c4c3)cnc2C)NCC=C1. The number of hydrogen-bond donors (Lipinski definition) is 2. The van der Waals surface area contributed by atoms with Crippen molar-refractivity contribution in [2.75, 3.05) is 6.54 Å². The van der Waals surface area contributed by atoms with Crippen molar-refractivity contribution < 1.29 is 0 Å². The predicted octanol–water partition coefficient (Wildman–Crippen LogP) is 5.58. The van der Waals surface area contributed by atoms with Crippen molar-refractivity contribution >= 4 is 27.5 Å². The summed E-state index contributed by atoms with van der Waals surface area (Å²) in [5, 5.41) is 6.01. The molecule has 0 amide bonds. The second-order valence-electron chi connectivity index (χ2n) is 7.13. The number of fused-ring (bicyclic) bond motifs is 3. The molecule has 0 aliphatic carbocycles. The van der Waals surface area contributed by atoms with Gasteiger partial charge in [-0.15, -0.1) is 0 Å². The van der Waals surface area contributed by atoms with Crippen LogP contribution >= 0.6 is 0 Å². The zero-order valence-corrected chi connectivity index (χ0v) is 15.5. The fourth-order valence-electron chi connectivity index (χ4n) is 3.90. The molecule has 3 heterocycles. The van der Waals surface area contributed by atoms with Crippen LogP contribution in [0, 0.1) is 6.92 Å². The molecule has 4 aromatic rings. The second-order valence-corrected chi connectivity index (χ2v) is 7.13. The highest BCUT2D eigenvalue weighted by molar-refractivity contribution is 6.08. The lowest BCUT2D eigenvalue weighted by Crippen LogP contribution is -2.17. The van der Waals surface area contributed by atoms with Crippen LogP contribution in [0.4, 0.5) is 0 Å². The summed E-state index contributed by atoms with van der Waals surface area (Å²) in [4.78, 5) is 8.18. The molecule has 2 N–H and O–H groups in total. The minimum absolute atomic E-state index is 0.859. The van der Waals surface area contributed by atoms with E-state index in [0.29, 0.717) is 0 Å². The highest BCUT2D eigenvalue weighted by Crippen LogP contribution is 2.31. The third kappa shape index (κ3) is 2.63. The predicted molar refractivity (Wildman–Crippen MR) is 114 cm³/mol. The van der Waals surface area contributed by atoms with Gasteiger partial charge in [0.25, 0.3) is 0 Å². The van der Waals surface area contributed by atoms with Crippen LogP contribution in [0.25, 0.3) is 38.6 Å². The van der Waals surface area contributed by atoms with E-state index in [9.17, 15) is 0 Å². The van der Waals surface area contributed by atoms with E-state index in [1.54, 1.807) is 0 Å². The van der Waals surface area contributed by atoms with Gasteiger partial charge in [0.2, 0.25) is 0 Å². The molecule has 5 rings (SSSR count). The van der Waals surface area contributed by atoms with Crippen LogP contribution in [0.5, 0.6) is 0 Å². The third-order valence-electron chi connectivity index (χ3n) is 5.35. The van der Waals surface area contributed by atoms with Crippen molar-refractivity contribution in [3.05, 3.63) is 83.7 Å². The molecule has 0 saturated carbocycles. The zero-order valence-electron chi connectivity index (χ0n) is 15.5. The van der Waals surface area contributed by atoms with Crippen LogP contribution < -0.4 is 5.32 Å². The number of dihydropyridines is 1. The van der Waals surface area contributed by atoms with Gasteiger partial charge in [0.1, 0.15) is 0 Å². The molecule has 2 aromatic carbocycles. The van der Waals surface area contributed by atoms with Crippen molar-refractivity contribution in [3.8, 4) is 11.1 Å². The Hall–Kier alpha value is -3.33. The number of H-pyrrole nitrogens is 1. The fourth-order valence-corrected chi connectivity index (χ4v) is 3.90. The van der Waals surface area contributed by atoms with E-state index in [1.807, 2.05) is 6.20 Å². The Labute approximate surface area is 158 Å². The number of para-hydroxylation sites is 1. The van der Waals surface area contributed by atoms with Gasteiger partial charge in [-0.3, -0.25) is 4.98 Å². The number of benzene rings is 2. The molecule has 3 nitrogen and oxygen atoms in total. The number of hydrogen-bond acceptors (Lipinski definition) is 2. The average molecular weight is 351 g/mol. The Balaban J connectivity index is 1.67. The van der Waals surface area contributed by atoms with Crippen LogP contribution in [0.1, 0.15) is 18.2 Å². The van der Waals surface area contributed by atoms with E-state index in [4.69, 9.17) is 0 Å². The maximum absolute atomic E-state index is 4.69. The number of allylic oxidation sites excluding steroid dienone is 2. The minimum Gasteiger partial charge on any atom is -0.381 e.